The van der Waals surface area contributed by atoms with Gasteiger partial charge in [0.05, 0.1) is 11.2 Å². The quantitative estimate of drug-likeness (QED) is 0.759. The maximum Gasteiger partial charge on any atom is 0.255 e. The third-order valence-electron chi connectivity index (χ3n) is 2.84. The lowest BCUT2D eigenvalue weighted by molar-refractivity contribution is 0.102. The molecule has 0 spiro atoms. The summed E-state index contributed by atoms with van der Waals surface area (Å²) in [5.74, 6) is -0.154. The van der Waals surface area contributed by atoms with Crippen molar-refractivity contribution in [3.05, 3.63) is 66.6 Å². The average Bonchev–Trinajstić information content (AvgIpc) is 2.48. The minimum absolute atomic E-state index is 0.154. The van der Waals surface area contributed by atoms with Gasteiger partial charge in [-0.05, 0) is 24.3 Å². The second-order valence-corrected chi connectivity index (χ2v) is 4.07. The van der Waals surface area contributed by atoms with Crippen LogP contribution in [0.3, 0.4) is 0 Å². The minimum Gasteiger partial charge on any atom is -0.321 e. The standard InChI is InChI=1S/C15H11N3O/c19-15(11-5-8-16-9-6-11)18-14-7-10-17-13-4-2-1-3-12(13)14/h1-10H,(H,17,18,19). The molecule has 4 nitrogen and oxygen atoms in total. The highest BCUT2D eigenvalue weighted by Crippen LogP contribution is 2.21. The molecule has 1 amide bonds. The number of hydrogen-bond donors (Lipinski definition) is 1. The van der Waals surface area contributed by atoms with E-state index in [1.54, 1.807) is 36.8 Å². The molecule has 0 saturated heterocycles. The molecule has 3 aromatic rings. The number of rotatable bonds is 2. The van der Waals surface area contributed by atoms with Crippen molar-refractivity contribution in [1.82, 2.24) is 9.97 Å². The summed E-state index contributed by atoms with van der Waals surface area (Å²) in [6.45, 7) is 0. The van der Waals surface area contributed by atoms with Crippen LogP contribution in [0.15, 0.2) is 61.1 Å². The van der Waals surface area contributed by atoms with Crippen LogP contribution in [0.25, 0.3) is 10.9 Å². The Morgan fingerprint density at radius 2 is 1.74 bits per heavy atom. The molecule has 0 aliphatic carbocycles. The van der Waals surface area contributed by atoms with E-state index < -0.39 is 0 Å². The summed E-state index contributed by atoms with van der Waals surface area (Å²) in [7, 11) is 0. The molecular formula is C15H11N3O. The lowest BCUT2D eigenvalue weighted by Gasteiger charge is -2.07. The van der Waals surface area contributed by atoms with E-state index in [1.807, 2.05) is 24.3 Å². The summed E-state index contributed by atoms with van der Waals surface area (Å²) < 4.78 is 0. The number of aromatic nitrogens is 2. The topological polar surface area (TPSA) is 54.9 Å². The molecular weight excluding hydrogens is 238 g/mol. The van der Waals surface area contributed by atoms with Crippen LogP contribution in [-0.2, 0) is 0 Å². The van der Waals surface area contributed by atoms with Crippen LogP contribution in [0.5, 0.6) is 0 Å². The second-order valence-electron chi connectivity index (χ2n) is 4.07. The lowest BCUT2D eigenvalue weighted by atomic mass is 10.1. The van der Waals surface area contributed by atoms with Crippen molar-refractivity contribution in [3.63, 3.8) is 0 Å². The van der Waals surface area contributed by atoms with Crippen molar-refractivity contribution in [3.8, 4) is 0 Å². The summed E-state index contributed by atoms with van der Waals surface area (Å²) in [5.41, 5.74) is 2.19. The van der Waals surface area contributed by atoms with Gasteiger partial charge in [0.25, 0.3) is 5.91 Å². The summed E-state index contributed by atoms with van der Waals surface area (Å²) in [6, 6.07) is 12.8. The number of fused-ring (bicyclic) bond motifs is 1. The largest absolute Gasteiger partial charge is 0.321 e. The van der Waals surface area contributed by atoms with E-state index in [1.165, 1.54) is 0 Å². The van der Waals surface area contributed by atoms with Gasteiger partial charge in [-0.1, -0.05) is 18.2 Å². The molecule has 1 aromatic carbocycles. The van der Waals surface area contributed by atoms with Crippen LogP contribution >= 0.6 is 0 Å². The Kier molecular flexibility index (Phi) is 2.90. The van der Waals surface area contributed by atoms with Crippen molar-refractivity contribution in [2.45, 2.75) is 0 Å². The van der Waals surface area contributed by atoms with Crippen molar-refractivity contribution < 1.29 is 4.79 Å². The van der Waals surface area contributed by atoms with Crippen molar-refractivity contribution >= 4 is 22.5 Å². The molecule has 0 aliphatic heterocycles. The van der Waals surface area contributed by atoms with Gasteiger partial charge in [0.2, 0.25) is 0 Å². The van der Waals surface area contributed by atoms with E-state index in [4.69, 9.17) is 0 Å². The molecule has 0 unspecified atom stereocenters. The molecule has 0 atom stereocenters. The zero-order valence-electron chi connectivity index (χ0n) is 10.1. The van der Waals surface area contributed by atoms with Crippen LogP contribution in [0.2, 0.25) is 0 Å². The van der Waals surface area contributed by atoms with Gasteiger partial charge in [-0.25, -0.2) is 0 Å². The van der Waals surface area contributed by atoms with Crippen LogP contribution in [0.1, 0.15) is 10.4 Å². The molecule has 0 saturated carbocycles. The van der Waals surface area contributed by atoms with Crippen molar-refractivity contribution in [1.29, 1.82) is 0 Å². The van der Waals surface area contributed by atoms with Gasteiger partial charge in [-0.3, -0.25) is 14.8 Å². The third-order valence-corrected chi connectivity index (χ3v) is 2.84. The molecule has 2 aromatic heterocycles. The van der Waals surface area contributed by atoms with E-state index in [-0.39, 0.29) is 5.91 Å². The van der Waals surface area contributed by atoms with Gasteiger partial charge in [0, 0.05) is 29.5 Å². The normalized spacial score (nSPS) is 10.3. The highest BCUT2D eigenvalue weighted by Gasteiger charge is 2.07. The zero-order chi connectivity index (χ0) is 13.1. The number of carbonyl (C=O) groups excluding carboxylic acids is 1. The fourth-order valence-corrected chi connectivity index (χ4v) is 1.90. The Balaban J connectivity index is 1.96. The predicted octanol–water partition coefficient (Wildman–Crippen LogP) is 2.88. The molecule has 4 heteroatoms. The Morgan fingerprint density at radius 1 is 0.947 bits per heavy atom. The Bertz CT molecular complexity index is 720. The minimum atomic E-state index is -0.154. The van der Waals surface area contributed by atoms with Crippen LogP contribution in [0, 0.1) is 0 Å². The first-order valence-electron chi connectivity index (χ1n) is 5.90. The number of benzene rings is 1. The first-order chi connectivity index (χ1) is 9.34. The van der Waals surface area contributed by atoms with Crippen LogP contribution < -0.4 is 5.32 Å². The number of anilines is 1. The van der Waals surface area contributed by atoms with Crippen molar-refractivity contribution in [2.24, 2.45) is 0 Å². The van der Waals surface area contributed by atoms with Crippen LogP contribution in [0.4, 0.5) is 5.69 Å². The summed E-state index contributed by atoms with van der Waals surface area (Å²) >= 11 is 0. The smallest absolute Gasteiger partial charge is 0.255 e. The Labute approximate surface area is 110 Å². The maximum absolute atomic E-state index is 12.1. The van der Waals surface area contributed by atoms with Gasteiger partial charge in [-0.15, -0.1) is 0 Å². The van der Waals surface area contributed by atoms with E-state index in [0.29, 0.717) is 5.56 Å². The number of nitrogens with one attached hydrogen (secondary N) is 1. The number of amides is 1. The average molecular weight is 249 g/mol. The number of carbonyl (C=O) groups is 1. The summed E-state index contributed by atoms with van der Waals surface area (Å²) in [5, 5.41) is 3.82. The predicted molar refractivity (Wildman–Crippen MR) is 73.9 cm³/mol. The fraction of sp³-hybridized carbons (Fsp3) is 0. The summed E-state index contributed by atoms with van der Waals surface area (Å²) in [6.07, 6.45) is 4.88. The Morgan fingerprint density at radius 3 is 2.58 bits per heavy atom. The second kappa shape index (κ2) is 4.86. The molecule has 2 heterocycles. The van der Waals surface area contributed by atoms with Gasteiger partial charge in [-0.2, -0.15) is 0 Å². The van der Waals surface area contributed by atoms with E-state index >= 15 is 0 Å². The van der Waals surface area contributed by atoms with E-state index in [0.717, 1.165) is 16.6 Å². The van der Waals surface area contributed by atoms with Gasteiger partial charge in [0.1, 0.15) is 0 Å². The van der Waals surface area contributed by atoms with Crippen LogP contribution in [-0.4, -0.2) is 15.9 Å². The highest BCUT2D eigenvalue weighted by molar-refractivity contribution is 6.08. The number of nitrogens with zero attached hydrogens (tertiary/aromatic N) is 2. The zero-order valence-corrected chi connectivity index (χ0v) is 10.1. The SMILES string of the molecule is O=C(Nc1ccnc2ccccc12)c1ccncc1. The molecule has 3 rings (SSSR count). The molecule has 1 N–H and O–H groups in total. The Hall–Kier alpha value is -2.75. The highest BCUT2D eigenvalue weighted by atomic mass is 16.1. The molecule has 0 radical (unpaired) electrons. The molecule has 92 valence electrons. The van der Waals surface area contributed by atoms with E-state index in [2.05, 4.69) is 15.3 Å². The first kappa shape index (κ1) is 11.3. The maximum atomic E-state index is 12.1. The molecule has 19 heavy (non-hydrogen) atoms. The molecule has 0 aliphatic rings. The number of pyridine rings is 2. The lowest BCUT2D eigenvalue weighted by Crippen LogP contribution is -2.12. The fourth-order valence-electron chi connectivity index (χ4n) is 1.90. The monoisotopic (exact) mass is 249 g/mol. The summed E-state index contributed by atoms with van der Waals surface area (Å²) in [4.78, 5) is 20.3. The van der Waals surface area contributed by atoms with Gasteiger partial charge in [0.15, 0.2) is 0 Å². The third kappa shape index (κ3) is 2.28. The molecule has 0 bridgehead atoms. The first-order valence-corrected chi connectivity index (χ1v) is 5.90. The molecule has 0 fully saturated rings. The van der Waals surface area contributed by atoms with E-state index in [9.17, 15) is 4.79 Å². The van der Waals surface area contributed by atoms with Gasteiger partial charge < -0.3 is 5.32 Å². The number of hydrogen-bond acceptors (Lipinski definition) is 3. The van der Waals surface area contributed by atoms with Crippen molar-refractivity contribution in [2.75, 3.05) is 5.32 Å². The number of para-hydroxylation sites is 1. The van der Waals surface area contributed by atoms with Gasteiger partial charge >= 0.3 is 0 Å².